The van der Waals surface area contributed by atoms with Gasteiger partial charge in [0, 0.05) is 42.5 Å². The summed E-state index contributed by atoms with van der Waals surface area (Å²) in [4.78, 5) is 29.1. The lowest BCUT2D eigenvalue weighted by Gasteiger charge is -2.30. The molecule has 1 aliphatic rings. The molecule has 0 amide bonds. The Hall–Kier alpha value is -4.75. The minimum atomic E-state index is -4.37. The molecule has 1 saturated heterocycles. The van der Waals surface area contributed by atoms with Crippen molar-refractivity contribution < 1.29 is 30.0 Å². The Balaban J connectivity index is 1.30. The van der Waals surface area contributed by atoms with Gasteiger partial charge in [-0.1, -0.05) is 12.1 Å². The lowest BCUT2D eigenvalue weighted by Crippen LogP contribution is -2.42. The van der Waals surface area contributed by atoms with Crippen molar-refractivity contribution in [3.63, 3.8) is 0 Å². The van der Waals surface area contributed by atoms with Crippen LogP contribution in [-0.4, -0.2) is 80.2 Å². The van der Waals surface area contributed by atoms with E-state index >= 15 is 4.39 Å². The fourth-order valence-corrected chi connectivity index (χ4v) is 7.27. The number of anilines is 1. The Morgan fingerprint density at radius 1 is 1.04 bits per heavy atom. The molecule has 5 aromatic rings. The molecule has 4 aromatic heterocycles. The monoisotopic (exact) mass is 689 g/mol. The first-order valence-corrected chi connectivity index (χ1v) is 17.4. The fourth-order valence-electron chi connectivity index (χ4n) is 5.26. The second-order valence-electron chi connectivity index (χ2n) is 10.8. The van der Waals surface area contributed by atoms with Crippen LogP contribution < -0.4 is 10.9 Å². The molecule has 0 aliphatic carbocycles. The molecule has 246 valence electrons. The zero-order valence-corrected chi connectivity index (χ0v) is 26.2. The summed E-state index contributed by atoms with van der Waals surface area (Å²) in [5, 5.41) is 6.91. The topological polar surface area (TPSA) is 175 Å². The number of sulfonamides is 1. The Morgan fingerprint density at radius 2 is 1.81 bits per heavy atom. The van der Waals surface area contributed by atoms with E-state index in [-0.39, 0.29) is 40.8 Å². The van der Waals surface area contributed by atoms with Gasteiger partial charge in [0.25, 0.3) is 22.0 Å². The molecule has 0 spiro atoms. The molecule has 1 aliphatic heterocycles. The second kappa shape index (κ2) is 12.5. The number of pyridine rings is 2. The van der Waals surface area contributed by atoms with Crippen LogP contribution in [0.25, 0.3) is 22.3 Å². The highest BCUT2D eigenvalue weighted by Gasteiger charge is 2.27. The number of rotatable bonds is 9. The third-order valence-corrected chi connectivity index (χ3v) is 10.5. The molecular weight excluding hydrogens is 663 g/mol. The van der Waals surface area contributed by atoms with Crippen molar-refractivity contribution >= 4 is 37.0 Å². The number of benzene rings is 1. The van der Waals surface area contributed by atoms with E-state index in [9.17, 15) is 30.4 Å². The van der Waals surface area contributed by atoms with Crippen molar-refractivity contribution in [3.05, 3.63) is 88.7 Å². The first kappa shape index (κ1) is 32.2. The molecule has 1 fully saturated rings. The van der Waals surface area contributed by atoms with Crippen LogP contribution in [0.15, 0.2) is 71.1 Å². The van der Waals surface area contributed by atoms with E-state index in [1.54, 1.807) is 0 Å². The smallest absolute Gasteiger partial charge is 0.287 e. The highest BCUT2D eigenvalue weighted by molar-refractivity contribution is 7.89. The summed E-state index contributed by atoms with van der Waals surface area (Å²) >= 11 is 0. The first-order valence-electron chi connectivity index (χ1n) is 14.1. The van der Waals surface area contributed by atoms with Crippen LogP contribution in [0.3, 0.4) is 0 Å². The number of nitrogens with zero attached hydrogens (tertiary/aromatic N) is 8. The van der Waals surface area contributed by atoms with Gasteiger partial charge in [0.15, 0.2) is 5.82 Å². The van der Waals surface area contributed by atoms with Gasteiger partial charge in [-0.2, -0.15) is 13.4 Å². The van der Waals surface area contributed by atoms with Gasteiger partial charge in [0.1, 0.15) is 23.2 Å². The molecule has 6 rings (SSSR count). The minimum absolute atomic E-state index is 0.0756. The molecule has 5 heterocycles. The predicted molar refractivity (Wildman–Crippen MR) is 163 cm³/mol. The van der Waals surface area contributed by atoms with Gasteiger partial charge >= 0.3 is 0 Å². The Labute approximate surface area is 266 Å². The highest BCUT2D eigenvalue weighted by atomic mass is 32.2. The summed E-state index contributed by atoms with van der Waals surface area (Å²) < 4.78 is 95.5. The van der Waals surface area contributed by atoms with Crippen LogP contribution in [-0.2, 0) is 26.6 Å². The molecular formula is C28H26F3N9O5S2. The van der Waals surface area contributed by atoms with E-state index in [4.69, 9.17) is 0 Å². The molecule has 14 nitrogen and oxygen atoms in total. The number of aromatic nitrogens is 7. The van der Waals surface area contributed by atoms with E-state index in [1.807, 2.05) is 0 Å². The second-order valence-corrected chi connectivity index (χ2v) is 14.5. The number of fused-ring (bicyclic) bond motifs is 1. The van der Waals surface area contributed by atoms with Crippen molar-refractivity contribution in [1.82, 2.24) is 38.0 Å². The number of alkyl halides is 2. The predicted octanol–water partition coefficient (Wildman–Crippen LogP) is 2.64. The van der Waals surface area contributed by atoms with E-state index in [1.165, 1.54) is 41.0 Å². The quantitative estimate of drug-likeness (QED) is 0.241. The number of nitrogens with one attached hydrogen (secondary N) is 1. The fraction of sp³-hybridized carbons (Fsp3) is 0.286. The summed E-state index contributed by atoms with van der Waals surface area (Å²) in [6, 6.07) is 7.57. The number of hydrogen-bond donors (Lipinski definition) is 1. The maximum Gasteiger partial charge on any atom is 0.287 e. The van der Waals surface area contributed by atoms with Gasteiger partial charge in [-0.3, -0.25) is 14.3 Å². The van der Waals surface area contributed by atoms with Gasteiger partial charge in [0.05, 0.1) is 24.1 Å². The Kier molecular flexibility index (Phi) is 8.53. The van der Waals surface area contributed by atoms with Gasteiger partial charge in [0.2, 0.25) is 16.0 Å². The van der Waals surface area contributed by atoms with Gasteiger partial charge < -0.3 is 5.32 Å². The lowest BCUT2D eigenvalue weighted by atomic mass is 10.1. The van der Waals surface area contributed by atoms with Gasteiger partial charge in [-0.25, -0.2) is 35.9 Å². The molecule has 0 saturated carbocycles. The van der Waals surface area contributed by atoms with E-state index in [0.717, 1.165) is 35.6 Å². The van der Waals surface area contributed by atoms with Crippen molar-refractivity contribution in [3.8, 4) is 11.3 Å². The van der Waals surface area contributed by atoms with Gasteiger partial charge in [-0.15, -0.1) is 9.19 Å². The largest absolute Gasteiger partial charge is 0.351 e. The van der Waals surface area contributed by atoms with Crippen LogP contribution in [0.1, 0.15) is 30.4 Å². The molecule has 47 heavy (non-hydrogen) atoms. The zero-order chi connectivity index (χ0) is 33.5. The summed E-state index contributed by atoms with van der Waals surface area (Å²) in [5.74, 6) is -0.924. The van der Waals surface area contributed by atoms with Gasteiger partial charge in [-0.05, 0) is 42.7 Å². The summed E-state index contributed by atoms with van der Waals surface area (Å²) in [7, 11) is -7.68. The summed E-state index contributed by atoms with van der Waals surface area (Å²) in [6.07, 6.45) is 3.62. The Bertz CT molecular complexity index is 2220. The number of hydrogen-bond acceptors (Lipinski definition) is 11. The molecule has 0 bridgehead atoms. The van der Waals surface area contributed by atoms with E-state index in [2.05, 4.69) is 30.4 Å². The molecule has 0 atom stereocenters. The maximum absolute atomic E-state index is 15.5. The summed E-state index contributed by atoms with van der Waals surface area (Å²) in [5.41, 5.74) is -1.29. The van der Waals surface area contributed by atoms with E-state index in [0.29, 0.717) is 35.6 Å². The molecule has 0 unspecified atom stereocenters. The molecule has 19 heteroatoms. The number of piperidine rings is 1. The van der Waals surface area contributed by atoms with Crippen LogP contribution in [0, 0.1) is 5.82 Å². The lowest BCUT2D eigenvalue weighted by molar-refractivity contribution is 0.149. The van der Waals surface area contributed by atoms with Crippen LogP contribution in [0.4, 0.5) is 19.1 Å². The minimum Gasteiger partial charge on any atom is -0.351 e. The van der Waals surface area contributed by atoms with Crippen molar-refractivity contribution in [2.45, 2.75) is 36.7 Å². The average molecular weight is 690 g/mol. The zero-order valence-electron chi connectivity index (χ0n) is 24.5. The highest BCUT2D eigenvalue weighted by Crippen LogP contribution is 2.28. The third kappa shape index (κ3) is 6.45. The third-order valence-electron chi connectivity index (χ3n) is 7.67. The average Bonchev–Trinajstić information content (AvgIpc) is 3.59. The van der Waals surface area contributed by atoms with Crippen LogP contribution >= 0.6 is 0 Å². The van der Waals surface area contributed by atoms with Crippen LogP contribution in [0.5, 0.6) is 0 Å². The normalized spacial score (nSPS) is 15.0. The van der Waals surface area contributed by atoms with Crippen molar-refractivity contribution in [1.29, 1.82) is 0 Å². The van der Waals surface area contributed by atoms with Crippen LogP contribution in [0.2, 0.25) is 0 Å². The Morgan fingerprint density at radius 3 is 2.45 bits per heavy atom. The first-order chi connectivity index (χ1) is 22.3. The standard InChI is InChI=1S/C28H26F3N9O5S2/c1-46(42,43)38-9-7-19(8-10-38)36-28-34-13-18-11-21(25(30)31)27(41)39(26(18)37-28)14-17-5-6-22(33-12-17)20-3-2-4-23(24(20)29)47(44,45)40-16-32-15-35-40/h2-6,11-13,15-16,19,25H,7-10,14H2,1H3,(H,34,36,37). The van der Waals surface area contributed by atoms with Crippen molar-refractivity contribution in [2.24, 2.45) is 0 Å². The molecule has 0 radical (unpaired) electrons. The number of halogens is 3. The molecule has 1 aromatic carbocycles. The molecule has 1 N–H and O–H groups in total. The SMILES string of the molecule is CS(=O)(=O)N1CCC(Nc2ncc3cc(C(F)F)c(=O)n(Cc4ccc(-c5cccc(S(=O)(=O)n6cncn6)c5F)nc4)c3n2)CC1. The van der Waals surface area contributed by atoms with Crippen molar-refractivity contribution in [2.75, 3.05) is 24.7 Å². The van der Waals surface area contributed by atoms with E-state index < -0.39 is 48.3 Å². The summed E-state index contributed by atoms with van der Waals surface area (Å²) in [6.45, 7) is 0.387. The maximum atomic E-state index is 15.5.